The maximum absolute atomic E-state index is 12.4. The normalized spacial score (nSPS) is 10.0. The number of rotatable bonds is 5. The van der Waals surface area contributed by atoms with E-state index in [-0.39, 0.29) is 16.9 Å². The topological polar surface area (TPSA) is 71.4 Å². The number of aliphatic carboxylic acids is 1. The van der Waals surface area contributed by atoms with Gasteiger partial charge in [-0.25, -0.2) is 0 Å². The first-order valence-electron chi connectivity index (χ1n) is 6.03. The molecule has 0 atom stereocenters. The van der Waals surface area contributed by atoms with Gasteiger partial charge in [-0.05, 0) is 0 Å². The molecule has 0 amide bonds. The van der Waals surface area contributed by atoms with Crippen molar-refractivity contribution in [3.63, 3.8) is 0 Å². The lowest BCUT2D eigenvalue weighted by Gasteiger charge is -2.06. The predicted molar refractivity (Wildman–Crippen MR) is 72.9 cm³/mol. The van der Waals surface area contributed by atoms with Gasteiger partial charge in [-0.1, -0.05) is 54.6 Å². The maximum Gasteiger partial charge on any atom is 0.311 e. The van der Waals surface area contributed by atoms with Gasteiger partial charge >= 0.3 is 5.97 Å². The van der Waals surface area contributed by atoms with Gasteiger partial charge in [0.15, 0.2) is 11.6 Å². The lowest BCUT2D eigenvalue weighted by atomic mass is 9.95. The minimum absolute atomic E-state index is 0.142. The molecule has 0 spiro atoms. The van der Waals surface area contributed by atoms with Crippen LogP contribution in [0.15, 0.2) is 54.6 Å². The Morgan fingerprint density at radius 3 is 1.95 bits per heavy atom. The fourth-order valence-corrected chi connectivity index (χ4v) is 1.90. The maximum atomic E-state index is 12.4. The lowest BCUT2D eigenvalue weighted by Crippen LogP contribution is -2.13. The monoisotopic (exact) mass is 268 g/mol. The molecule has 4 heteroatoms. The highest BCUT2D eigenvalue weighted by Crippen LogP contribution is 2.16. The zero-order valence-corrected chi connectivity index (χ0v) is 10.6. The van der Waals surface area contributed by atoms with E-state index < -0.39 is 18.2 Å². The molecule has 20 heavy (non-hydrogen) atoms. The summed E-state index contributed by atoms with van der Waals surface area (Å²) >= 11 is 0. The molecule has 2 aromatic rings. The van der Waals surface area contributed by atoms with E-state index >= 15 is 0 Å². The van der Waals surface area contributed by atoms with Crippen molar-refractivity contribution >= 4 is 17.5 Å². The first-order valence-corrected chi connectivity index (χ1v) is 6.03. The zero-order valence-electron chi connectivity index (χ0n) is 10.6. The van der Waals surface area contributed by atoms with Crippen LogP contribution in [-0.2, 0) is 4.79 Å². The Morgan fingerprint density at radius 2 is 1.35 bits per heavy atom. The Bertz CT molecular complexity index is 659. The van der Waals surface area contributed by atoms with Crippen molar-refractivity contribution in [2.45, 2.75) is 6.42 Å². The molecule has 0 aliphatic rings. The van der Waals surface area contributed by atoms with E-state index in [1.165, 1.54) is 12.1 Å². The Kier molecular flexibility index (Phi) is 4.05. The molecule has 0 fully saturated rings. The lowest BCUT2D eigenvalue weighted by molar-refractivity contribution is -0.135. The van der Waals surface area contributed by atoms with Gasteiger partial charge in [0.25, 0.3) is 0 Å². The van der Waals surface area contributed by atoms with Gasteiger partial charge < -0.3 is 5.11 Å². The third-order valence-corrected chi connectivity index (χ3v) is 2.82. The second kappa shape index (κ2) is 5.93. The molecule has 2 aromatic carbocycles. The van der Waals surface area contributed by atoms with E-state index in [9.17, 15) is 14.4 Å². The molecule has 0 heterocycles. The largest absolute Gasteiger partial charge is 0.481 e. The van der Waals surface area contributed by atoms with E-state index in [4.69, 9.17) is 5.11 Å². The van der Waals surface area contributed by atoms with E-state index in [0.717, 1.165) is 0 Å². The minimum atomic E-state index is -1.21. The van der Waals surface area contributed by atoms with E-state index in [2.05, 4.69) is 0 Å². The summed E-state index contributed by atoms with van der Waals surface area (Å²) in [6.07, 6.45) is -0.626. The van der Waals surface area contributed by atoms with E-state index in [0.29, 0.717) is 5.56 Å². The molecule has 0 aromatic heterocycles. The fourth-order valence-electron chi connectivity index (χ4n) is 1.90. The van der Waals surface area contributed by atoms with Crippen molar-refractivity contribution in [3.05, 3.63) is 71.3 Å². The summed E-state index contributed by atoms with van der Waals surface area (Å²) in [6, 6.07) is 14.8. The van der Waals surface area contributed by atoms with E-state index in [1.54, 1.807) is 42.5 Å². The quantitative estimate of drug-likeness (QED) is 0.668. The number of carbonyl (C=O) groups is 3. The van der Waals surface area contributed by atoms with Gasteiger partial charge in [0, 0.05) is 16.7 Å². The van der Waals surface area contributed by atoms with Gasteiger partial charge in [-0.3, -0.25) is 14.4 Å². The molecule has 0 aliphatic carbocycles. The van der Waals surface area contributed by atoms with Crippen molar-refractivity contribution < 1.29 is 19.5 Å². The number of carboxylic acid groups (broad SMARTS) is 1. The molecule has 0 saturated carbocycles. The zero-order chi connectivity index (χ0) is 14.5. The standard InChI is InChI=1S/C16H12O4/c17-14(10-15(18)19)12-8-4-5-9-13(12)16(20)11-6-2-1-3-7-11/h1-9H,10H2,(H,18,19). The molecule has 4 nitrogen and oxygen atoms in total. The van der Waals surface area contributed by atoms with Gasteiger partial charge in [0.1, 0.15) is 6.42 Å². The SMILES string of the molecule is O=C(O)CC(=O)c1ccccc1C(=O)c1ccccc1. The molecule has 0 bridgehead atoms. The first-order chi connectivity index (χ1) is 9.59. The van der Waals surface area contributed by atoms with Gasteiger partial charge in [0.2, 0.25) is 0 Å². The molecule has 0 saturated heterocycles. The van der Waals surface area contributed by atoms with Crippen molar-refractivity contribution in [1.82, 2.24) is 0 Å². The van der Waals surface area contributed by atoms with Crippen LogP contribution < -0.4 is 0 Å². The van der Waals surface area contributed by atoms with Crippen LogP contribution >= 0.6 is 0 Å². The van der Waals surface area contributed by atoms with Crippen LogP contribution in [0.25, 0.3) is 0 Å². The Labute approximate surface area is 115 Å². The summed E-state index contributed by atoms with van der Waals surface area (Å²) in [6.45, 7) is 0. The second-order valence-electron chi connectivity index (χ2n) is 4.23. The summed E-state index contributed by atoms with van der Waals surface area (Å²) in [5.41, 5.74) is 0.830. The minimum Gasteiger partial charge on any atom is -0.481 e. The first kappa shape index (κ1) is 13.7. The predicted octanol–water partition coefficient (Wildman–Crippen LogP) is 2.58. The van der Waals surface area contributed by atoms with Crippen molar-refractivity contribution in [2.24, 2.45) is 0 Å². The molecule has 0 aliphatic heterocycles. The van der Waals surface area contributed by atoms with Crippen molar-refractivity contribution in [1.29, 1.82) is 0 Å². The highest BCUT2D eigenvalue weighted by Gasteiger charge is 2.19. The number of carbonyl (C=O) groups excluding carboxylic acids is 2. The molecule has 0 radical (unpaired) electrons. The van der Waals surface area contributed by atoms with Gasteiger partial charge in [-0.2, -0.15) is 0 Å². The van der Waals surface area contributed by atoms with Crippen LogP contribution in [0.3, 0.4) is 0 Å². The van der Waals surface area contributed by atoms with Crippen LogP contribution in [0, 0.1) is 0 Å². The average Bonchev–Trinajstić information content (AvgIpc) is 2.46. The molecular formula is C16H12O4. The number of ketones is 2. The van der Waals surface area contributed by atoms with Crippen molar-refractivity contribution in [3.8, 4) is 0 Å². The molecule has 2 rings (SSSR count). The molecule has 0 unspecified atom stereocenters. The Balaban J connectivity index is 2.40. The second-order valence-corrected chi connectivity index (χ2v) is 4.23. The van der Waals surface area contributed by atoms with Gasteiger partial charge in [-0.15, -0.1) is 0 Å². The van der Waals surface area contributed by atoms with Crippen LogP contribution in [-0.4, -0.2) is 22.6 Å². The third kappa shape index (κ3) is 2.98. The Hall–Kier alpha value is -2.75. The number of benzene rings is 2. The van der Waals surface area contributed by atoms with Crippen molar-refractivity contribution in [2.75, 3.05) is 0 Å². The van der Waals surface area contributed by atoms with Gasteiger partial charge in [0.05, 0.1) is 0 Å². The van der Waals surface area contributed by atoms with Crippen LogP contribution in [0.5, 0.6) is 0 Å². The Morgan fingerprint density at radius 1 is 0.800 bits per heavy atom. The molecule has 100 valence electrons. The van der Waals surface area contributed by atoms with Crippen LogP contribution in [0.4, 0.5) is 0 Å². The fraction of sp³-hybridized carbons (Fsp3) is 0.0625. The summed E-state index contributed by atoms with van der Waals surface area (Å²) in [4.78, 5) is 34.9. The summed E-state index contributed by atoms with van der Waals surface area (Å²) in [7, 11) is 0. The highest BCUT2D eigenvalue weighted by atomic mass is 16.4. The highest BCUT2D eigenvalue weighted by molar-refractivity contribution is 6.17. The third-order valence-electron chi connectivity index (χ3n) is 2.82. The summed E-state index contributed by atoms with van der Waals surface area (Å²) < 4.78 is 0. The number of Topliss-reactive ketones (excluding diaryl/α,β-unsaturated/α-hetero) is 1. The number of carboxylic acids is 1. The molecular weight excluding hydrogens is 256 g/mol. The smallest absolute Gasteiger partial charge is 0.311 e. The number of hydrogen-bond acceptors (Lipinski definition) is 3. The molecule has 1 N–H and O–H groups in total. The average molecular weight is 268 g/mol. The van der Waals surface area contributed by atoms with Crippen LogP contribution in [0.2, 0.25) is 0 Å². The van der Waals surface area contributed by atoms with E-state index in [1.807, 2.05) is 0 Å². The summed E-state index contributed by atoms with van der Waals surface area (Å²) in [5, 5.41) is 8.69. The summed E-state index contributed by atoms with van der Waals surface area (Å²) in [5.74, 6) is -2.07. The van der Waals surface area contributed by atoms with Crippen LogP contribution in [0.1, 0.15) is 32.7 Å². The number of hydrogen-bond donors (Lipinski definition) is 1.